The number of amides is 2. The van der Waals surface area contributed by atoms with Crippen LogP contribution in [-0.2, 0) is 32.6 Å². The molecule has 5 rings (SSSR count). The molecule has 1 aliphatic rings. The van der Waals surface area contributed by atoms with E-state index in [1.807, 2.05) is 30.3 Å². The molecule has 1 atom stereocenters. The van der Waals surface area contributed by atoms with Gasteiger partial charge < -0.3 is 10.2 Å². The van der Waals surface area contributed by atoms with Gasteiger partial charge in [-0.25, -0.2) is 17.2 Å². The fourth-order valence-corrected chi connectivity index (χ4v) is 7.20. The lowest BCUT2D eigenvalue weighted by Crippen LogP contribution is -2.55. The van der Waals surface area contributed by atoms with Crippen LogP contribution in [0.25, 0.3) is 0 Å². The molecule has 0 radical (unpaired) electrons. The molecule has 2 amide bonds. The van der Waals surface area contributed by atoms with Crippen LogP contribution in [0.3, 0.4) is 0 Å². The second-order valence-corrected chi connectivity index (χ2v) is 13.3. The zero-order valence-electron chi connectivity index (χ0n) is 25.4. The molecule has 4 aromatic rings. The molecule has 0 bridgehead atoms. The van der Waals surface area contributed by atoms with Crippen molar-refractivity contribution in [1.82, 2.24) is 10.2 Å². The third kappa shape index (κ3) is 8.17. The lowest BCUT2D eigenvalue weighted by Gasteiger charge is -2.35. The van der Waals surface area contributed by atoms with E-state index in [0.717, 1.165) is 54.1 Å². The first-order valence-electron chi connectivity index (χ1n) is 15.4. The number of hydrogen-bond acceptors (Lipinski definition) is 4. The summed E-state index contributed by atoms with van der Waals surface area (Å²) in [5.41, 5.74) is 1.03. The first-order valence-corrected chi connectivity index (χ1v) is 16.9. The second kappa shape index (κ2) is 15.1. The molecule has 0 aromatic heterocycles. The highest BCUT2D eigenvalue weighted by molar-refractivity contribution is 7.92. The third-order valence-electron chi connectivity index (χ3n) is 8.25. The van der Waals surface area contributed by atoms with E-state index in [4.69, 9.17) is 0 Å². The molecule has 1 aliphatic carbocycles. The molecule has 240 valence electrons. The SMILES string of the molecule is O=C(NC1CCCCC1)[C@H](Cc1ccccc1)N(Cc1ccccc1F)C(=O)CN(c1ccc(F)cc1)S(=O)(=O)c1ccccc1. The Morgan fingerprint density at radius 3 is 2.04 bits per heavy atom. The van der Waals surface area contributed by atoms with Gasteiger partial charge in [-0.1, -0.05) is 86.0 Å². The summed E-state index contributed by atoms with van der Waals surface area (Å²) in [5.74, 6) is -2.24. The molecule has 0 unspecified atom stereocenters. The number of rotatable bonds is 12. The van der Waals surface area contributed by atoms with Gasteiger partial charge in [0.15, 0.2) is 0 Å². The highest BCUT2D eigenvalue weighted by Gasteiger charge is 2.35. The molecule has 46 heavy (non-hydrogen) atoms. The first-order chi connectivity index (χ1) is 22.2. The van der Waals surface area contributed by atoms with Crippen LogP contribution in [0.1, 0.15) is 43.2 Å². The van der Waals surface area contributed by atoms with Crippen molar-refractivity contribution < 1.29 is 26.8 Å². The maximum atomic E-state index is 15.1. The Bertz CT molecular complexity index is 1720. The van der Waals surface area contributed by atoms with E-state index in [1.165, 1.54) is 47.4 Å². The van der Waals surface area contributed by atoms with Gasteiger partial charge in [0, 0.05) is 24.6 Å². The first kappa shape index (κ1) is 32.8. The molecule has 1 saturated carbocycles. The minimum absolute atomic E-state index is 0.0564. The molecule has 0 spiro atoms. The summed E-state index contributed by atoms with van der Waals surface area (Å²) >= 11 is 0. The topological polar surface area (TPSA) is 86.8 Å². The van der Waals surface area contributed by atoms with E-state index in [-0.39, 0.29) is 41.1 Å². The molecule has 7 nitrogen and oxygen atoms in total. The summed E-state index contributed by atoms with van der Waals surface area (Å²) in [6.07, 6.45) is 4.82. The summed E-state index contributed by atoms with van der Waals surface area (Å²) in [6, 6.07) is 26.4. The Labute approximate surface area is 268 Å². The van der Waals surface area contributed by atoms with Crippen molar-refractivity contribution in [2.24, 2.45) is 0 Å². The molecular weight excluding hydrogens is 608 g/mol. The Balaban J connectivity index is 1.56. The van der Waals surface area contributed by atoms with Crippen molar-refractivity contribution >= 4 is 27.5 Å². The van der Waals surface area contributed by atoms with Crippen LogP contribution in [0.2, 0.25) is 0 Å². The third-order valence-corrected chi connectivity index (χ3v) is 10.0. The molecule has 1 fully saturated rings. The normalized spacial score (nSPS) is 14.3. The minimum Gasteiger partial charge on any atom is -0.352 e. The van der Waals surface area contributed by atoms with Crippen molar-refractivity contribution in [2.75, 3.05) is 10.8 Å². The zero-order chi connectivity index (χ0) is 32.5. The number of carbonyl (C=O) groups is 2. The van der Waals surface area contributed by atoms with Crippen LogP contribution >= 0.6 is 0 Å². The van der Waals surface area contributed by atoms with Gasteiger partial charge in [0.1, 0.15) is 24.2 Å². The summed E-state index contributed by atoms with van der Waals surface area (Å²) in [4.78, 5) is 29.7. The zero-order valence-corrected chi connectivity index (χ0v) is 26.2. The Morgan fingerprint density at radius 1 is 0.783 bits per heavy atom. The van der Waals surface area contributed by atoms with E-state index < -0.39 is 40.2 Å². The number of benzene rings is 4. The lowest BCUT2D eigenvalue weighted by atomic mass is 9.94. The van der Waals surface area contributed by atoms with Crippen molar-refractivity contribution in [2.45, 2.75) is 62.0 Å². The molecular formula is C36H37F2N3O4S. The van der Waals surface area contributed by atoms with Gasteiger partial charge in [0.2, 0.25) is 11.8 Å². The molecule has 1 N–H and O–H groups in total. The van der Waals surface area contributed by atoms with Crippen molar-refractivity contribution in [1.29, 1.82) is 0 Å². The summed E-state index contributed by atoms with van der Waals surface area (Å²) in [7, 11) is -4.32. The fourth-order valence-electron chi connectivity index (χ4n) is 5.76. The number of nitrogens with one attached hydrogen (secondary N) is 1. The van der Waals surface area contributed by atoms with Gasteiger partial charge >= 0.3 is 0 Å². The highest BCUT2D eigenvalue weighted by Crippen LogP contribution is 2.26. The standard InChI is InChI=1S/C36H37F2N3O4S/c37-29-20-22-31(23-21-29)41(46(44,45)32-17-8-3-9-18-32)26-35(42)40(25-28-14-10-11-19-33(28)38)34(24-27-12-4-1-5-13-27)36(43)39-30-15-6-2-7-16-30/h1,3-5,8-14,17-23,30,34H,2,6-7,15-16,24-26H2,(H,39,43)/t34-/m0/s1. The highest BCUT2D eigenvalue weighted by atomic mass is 32.2. The Hall–Kier alpha value is -4.57. The maximum Gasteiger partial charge on any atom is 0.264 e. The summed E-state index contributed by atoms with van der Waals surface area (Å²) in [6.45, 7) is -0.983. The minimum atomic E-state index is -4.32. The van der Waals surface area contributed by atoms with Crippen LogP contribution in [0.5, 0.6) is 0 Å². The average Bonchev–Trinajstić information content (AvgIpc) is 3.07. The number of carbonyl (C=O) groups excluding carboxylic acids is 2. The van der Waals surface area contributed by atoms with Crippen LogP contribution in [0.4, 0.5) is 14.5 Å². The molecule has 0 heterocycles. The van der Waals surface area contributed by atoms with Gasteiger partial charge in [-0.05, 0) is 60.9 Å². The summed E-state index contributed by atoms with van der Waals surface area (Å²) in [5, 5.41) is 3.12. The number of hydrogen-bond donors (Lipinski definition) is 1. The smallest absolute Gasteiger partial charge is 0.264 e. The van der Waals surface area contributed by atoms with Crippen LogP contribution in [-0.4, -0.2) is 43.8 Å². The second-order valence-electron chi connectivity index (χ2n) is 11.5. The molecule has 0 saturated heterocycles. The van der Waals surface area contributed by atoms with Crippen LogP contribution in [0.15, 0.2) is 114 Å². The van der Waals surface area contributed by atoms with Crippen LogP contribution in [0, 0.1) is 11.6 Å². The quantitative estimate of drug-likeness (QED) is 0.197. The molecule has 4 aromatic carbocycles. The molecule has 10 heteroatoms. The van der Waals surface area contributed by atoms with E-state index in [9.17, 15) is 22.4 Å². The Morgan fingerprint density at radius 2 is 1.39 bits per heavy atom. The van der Waals surface area contributed by atoms with Gasteiger partial charge in [-0.3, -0.25) is 13.9 Å². The van der Waals surface area contributed by atoms with Crippen molar-refractivity contribution in [3.63, 3.8) is 0 Å². The number of anilines is 1. The number of halogens is 2. The maximum absolute atomic E-state index is 15.1. The van der Waals surface area contributed by atoms with E-state index in [0.29, 0.717) is 0 Å². The van der Waals surface area contributed by atoms with Gasteiger partial charge in [-0.15, -0.1) is 0 Å². The number of nitrogens with zero attached hydrogens (tertiary/aromatic N) is 2. The van der Waals surface area contributed by atoms with Gasteiger partial charge in [-0.2, -0.15) is 0 Å². The van der Waals surface area contributed by atoms with Gasteiger partial charge in [0.05, 0.1) is 10.6 Å². The average molecular weight is 646 g/mol. The van der Waals surface area contributed by atoms with Crippen LogP contribution < -0.4 is 9.62 Å². The van der Waals surface area contributed by atoms with E-state index in [2.05, 4.69) is 5.32 Å². The van der Waals surface area contributed by atoms with E-state index in [1.54, 1.807) is 24.3 Å². The largest absolute Gasteiger partial charge is 0.352 e. The Kier molecular flexibility index (Phi) is 10.8. The molecule has 0 aliphatic heterocycles. The predicted octanol–water partition coefficient (Wildman–Crippen LogP) is 6.25. The monoisotopic (exact) mass is 645 g/mol. The van der Waals surface area contributed by atoms with Crippen molar-refractivity contribution in [3.05, 3.63) is 132 Å². The van der Waals surface area contributed by atoms with E-state index >= 15 is 4.39 Å². The fraction of sp³-hybridized carbons (Fsp3) is 0.278. The predicted molar refractivity (Wildman–Crippen MR) is 173 cm³/mol. The van der Waals surface area contributed by atoms with Crippen molar-refractivity contribution in [3.8, 4) is 0 Å². The summed E-state index contributed by atoms with van der Waals surface area (Å²) < 4.78 is 57.8. The number of sulfonamides is 1. The van der Waals surface area contributed by atoms with Gasteiger partial charge in [0.25, 0.3) is 10.0 Å². The lowest BCUT2D eigenvalue weighted by molar-refractivity contribution is -0.140.